The van der Waals surface area contributed by atoms with E-state index in [1.807, 2.05) is 37.3 Å². The summed E-state index contributed by atoms with van der Waals surface area (Å²) in [6.07, 6.45) is 6.38. The van der Waals surface area contributed by atoms with Crippen LogP contribution in [0.5, 0.6) is 0 Å². The van der Waals surface area contributed by atoms with E-state index in [0.717, 1.165) is 24.1 Å². The summed E-state index contributed by atoms with van der Waals surface area (Å²) in [5, 5.41) is 2.83. The van der Waals surface area contributed by atoms with Crippen molar-refractivity contribution in [3.8, 4) is 0 Å². The number of aryl methyl sites for hydroxylation is 1. The fraction of sp³-hybridized carbons (Fsp3) is 0.421. The Kier molecular flexibility index (Phi) is 5.13. The van der Waals surface area contributed by atoms with Crippen LogP contribution in [0.4, 0.5) is 5.69 Å². The number of ether oxygens (including phenoxy) is 1. The van der Waals surface area contributed by atoms with Gasteiger partial charge in [0.2, 0.25) is 0 Å². The molecule has 1 saturated carbocycles. The van der Waals surface area contributed by atoms with Crippen molar-refractivity contribution in [3.63, 3.8) is 0 Å². The summed E-state index contributed by atoms with van der Waals surface area (Å²) >= 11 is 0. The number of carbonyl (C=O) groups excluding carboxylic acids is 1. The summed E-state index contributed by atoms with van der Waals surface area (Å²) in [7, 11) is 0. The van der Waals surface area contributed by atoms with Crippen LogP contribution >= 0.6 is 0 Å². The quantitative estimate of drug-likeness (QED) is 0.871. The molecular weight excluding hydrogens is 290 g/mol. The van der Waals surface area contributed by atoms with Gasteiger partial charge in [-0.05, 0) is 44.0 Å². The van der Waals surface area contributed by atoms with E-state index in [1.165, 1.54) is 19.3 Å². The van der Waals surface area contributed by atoms with Gasteiger partial charge in [-0.15, -0.1) is 0 Å². The molecule has 4 heteroatoms. The molecular formula is C19H23NO3. The lowest BCUT2D eigenvalue weighted by molar-refractivity contribution is 0.00849. The van der Waals surface area contributed by atoms with Crippen molar-refractivity contribution in [2.75, 3.05) is 5.32 Å². The van der Waals surface area contributed by atoms with Crippen LogP contribution in [0.2, 0.25) is 0 Å². The largest absolute Gasteiger partial charge is 0.453 e. The molecule has 1 amide bonds. The minimum atomic E-state index is -0.238. The first-order chi connectivity index (χ1) is 11.2. The van der Waals surface area contributed by atoms with E-state index in [4.69, 9.17) is 9.15 Å². The fourth-order valence-electron chi connectivity index (χ4n) is 2.84. The number of hydrogen-bond donors (Lipinski definition) is 1. The average Bonchev–Trinajstić information content (AvgIpc) is 3.05. The van der Waals surface area contributed by atoms with Crippen LogP contribution in [0.15, 0.2) is 40.8 Å². The molecule has 1 N–H and O–H groups in total. The third-order valence-corrected chi connectivity index (χ3v) is 4.21. The average molecular weight is 313 g/mol. The van der Waals surface area contributed by atoms with Crippen LogP contribution < -0.4 is 5.32 Å². The summed E-state index contributed by atoms with van der Waals surface area (Å²) < 4.78 is 11.5. The molecule has 3 rings (SSSR count). The van der Waals surface area contributed by atoms with Crippen LogP contribution in [0, 0.1) is 6.92 Å². The van der Waals surface area contributed by atoms with Crippen molar-refractivity contribution in [3.05, 3.63) is 53.5 Å². The van der Waals surface area contributed by atoms with Crippen molar-refractivity contribution >= 4 is 11.6 Å². The van der Waals surface area contributed by atoms with E-state index < -0.39 is 0 Å². The van der Waals surface area contributed by atoms with Gasteiger partial charge in [-0.3, -0.25) is 4.79 Å². The van der Waals surface area contributed by atoms with Crippen molar-refractivity contribution in [1.82, 2.24) is 0 Å². The number of furan rings is 1. The molecule has 0 atom stereocenters. The van der Waals surface area contributed by atoms with Gasteiger partial charge in [-0.25, -0.2) is 0 Å². The molecule has 4 nitrogen and oxygen atoms in total. The van der Waals surface area contributed by atoms with Gasteiger partial charge in [0.15, 0.2) is 5.76 Å². The zero-order chi connectivity index (χ0) is 16.1. The van der Waals surface area contributed by atoms with Crippen LogP contribution in [-0.2, 0) is 11.3 Å². The molecule has 0 saturated heterocycles. The van der Waals surface area contributed by atoms with Gasteiger partial charge >= 0.3 is 0 Å². The molecule has 2 aromatic rings. The first-order valence-corrected chi connectivity index (χ1v) is 8.29. The Balaban J connectivity index is 1.53. The summed E-state index contributed by atoms with van der Waals surface area (Å²) in [5.41, 5.74) is 1.92. The molecule has 1 fully saturated rings. The van der Waals surface area contributed by atoms with Gasteiger partial charge in [-0.1, -0.05) is 37.0 Å². The highest BCUT2D eigenvalue weighted by molar-refractivity contribution is 6.02. The number of anilines is 1. The number of rotatable bonds is 5. The van der Waals surface area contributed by atoms with Crippen molar-refractivity contribution in [1.29, 1.82) is 0 Å². The minimum absolute atomic E-state index is 0.238. The molecule has 23 heavy (non-hydrogen) atoms. The number of carbonyl (C=O) groups is 1. The molecule has 122 valence electrons. The van der Waals surface area contributed by atoms with Gasteiger partial charge in [-0.2, -0.15) is 0 Å². The van der Waals surface area contributed by atoms with Gasteiger partial charge in [0.05, 0.1) is 6.10 Å². The molecule has 1 heterocycles. The monoisotopic (exact) mass is 313 g/mol. The normalized spacial score (nSPS) is 15.5. The first kappa shape index (κ1) is 15.8. The van der Waals surface area contributed by atoms with Gasteiger partial charge < -0.3 is 14.5 Å². The second-order valence-corrected chi connectivity index (χ2v) is 6.16. The number of benzene rings is 1. The van der Waals surface area contributed by atoms with E-state index in [-0.39, 0.29) is 5.91 Å². The Morgan fingerprint density at radius 2 is 1.87 bits per heavy atom. The molecule has 0 unspecified atom stereocenters. The SMILES string of the molecule is Cc1ccc(NC(=O)c2ccc(COC3CCCCC3)o2)cc1. The van der Waals surface area contributed by atoms with Crippen molar-refractivity contribution in [2.24, 2.45) is 0 Å². The first-order valence-electron chi connectivity index (χ1n) is 8.29. The lowest BCUT2D eigenvalue weighted by Crippen LogP contribution is -2.16. The second-order valence-electron chi connectivity index (χ2n) is 6.16. The van der Waals surface area contributed by atoms with Gasteiger partial charge in [0.1, 0.15) is 12.4 Å². The Bertz CT molecular complexity index is 639. The smallest absolute Gasteiger partial charge is 0.291 e. The summed E-state index contributed by atoms with van der Waals surface area (Å²) in [6.45, 7) is 2.44. The van der Waals surface area contributed by atoms with Crippen molar-refractivity contribution in [2.45, 2.75) is 51.7 Å². The molecule has 1 aromatic heterocycles. The van der Waals surface area contributed by atoms with Gasteiger partial charge in [0, 0.05) is 5.69 Å². The highest BCUT2D eigenvalue weighted by Gasteiger charge is 2.16. The Hall–Kier alpha value is -2.07. The predicted octanol–water partition coefficient (Wildman–Crippen LogP) is 4.69. The summed E-state index contributed by atoms with van der Waals surface area (Å²) in [4.78, 5) is 12.2. The maximum Gasteiger partial charge on any atom is 0.291 e. The van der Waals surface area contributed by atoms with E-state index >= 15 is 0 Å². The standard InChI is InChI=1S/C19H23NO3/c1-14-7-9-15(10-8-14)20-19(21)18-12-11-17(23-18)13-22-16-5-3-2-4-6-16/h7-12,16H,2-6,13H2,1H3,(H,20,21). The molecule has 0 radical (unpaired) electrons. The Morgan fingerprint density at radius 3 is 2.61 bits per heavy atom. The predicted molar refractivity (Wildman–Crippen MR) is 89.5 cm³/mol. The Labute approximate surface area is 136 Å². The number of amides is 1. The van der Waals surface area contributed by atoms with Crippen LogP contribution in [-0.4, -0.2) is 12.0 Å². The van der Waals surface area contributed by atoms with Crippen molar-refractivity contribution < 1.29 is 13.9 Å². The summed E-state index contributed by atoms with van der Waals surface area (Å²) in [5.74, 6) is 0.773. The molecule has 0 aliphatic heterocycles. The van der Waals surface area contributed by atoms with E-state index in [1.54, 1.807) is 6.07 Å². The fourth-order valence-corrected chi connectivity index (χ4v) is 2.84. The topological polar surface area (TPSA) is 51.5 Å². The van der Waals surface area contributed by atoms with E-state index in [9.17, 15) is 4.79 Å². The number of hydrogen-bond acceptors (Lipinski definition) is 3. The Morgan fingerprint density at radius 1 is 1.13 bits per heavy atom. The zero-order valence-electron chi connectivity index (χ0n) is 13.5. The van der Waals surface area contributed by atoms with Crippen LogP contribution in [0.1, 0.15) is 54.0 Å². The van der Waals surface area contributed by atoms with Gasteiger partial charge in [0.25, 0.3) is 5.91 Å². The lowest BCUT2D eigenvalue weighted by Gasteiger charge is -2.21. The zero-order valence-corrected chi connectivity index (χ0v) is 13.5. The maximum absolute atomic E-state index is 12.2. The molecule has 1 aliphatic carbocycles. The highest BCUT2D eigenvalue weighted by atomic mass is 16.5. The second kappa shape index (κ2) is 7.47. The summed E-state index contributed by atoms with van der Waals surface area (Å²) in [6, 6.07) is 11.2. The number of nitrogens with one attached hydrogen (secondary N) is 1. The molecule has 0 bridgehead atoms. The lowest BCUT2D eigenvalue weighted by atomic mass is 9.98. The molecule has 1 aromatic carbocycles. The third-order valence-electron chi connectivity index (χ3n) is 4.21. The van der Waals surface area contributed by atoms with E-state index in [0.29, 0.717) is 24.2 Å². The third kappa shape index (κ3) is 4.45. The highest BCUT2D eigenvalue weighted by Crippen LogP contribution is 2.22. The molecule has 0 spiro atoms. The van der Waals surface area contributed by atoms with E-state index in [2.05, 4.69) is 5.32 Å². The maximum atomic E-state index is 12.2. The van der Waals surface area contributed by atoms with Crippen LogP contribution in [0.3, 0.4) is 0 Å². The van der Waals surface area contributed by atoms with Crippen LogP contribution in [0.25, 0.3) is 0 Å². The minimum Gasteiger partial charge on any atom is -0.453 e. The molecule has 1 aliphatic rings.